The zero-order valence-corrected chi connectivity index (χ0v) is 30.2. The lowest BCUT2D eigenvalue weighted by atomic mass is 10.1. The van der Waals surface area contributed by atoms with Gasteiger partial charge in [0.1, 0.15) is 0 Å². The summed E-state index contributed by atoms with van der Waals surface area (Å²) in [6, 6.07) is 64.3. The second kappa shape index (κ2) is 20.3. The number of halogens is 5. The van der Waals surface area contributed by atoms with Crippen LogP contribution in [-0.4, -0.2) is 7.32 Å². The monoisotopic (exact) mass is 766 g/mol. The molecule has 54 heavy (non-hydrogen) atoms. The topological polar surface area (TPSA) is 55.3 Å². The highest BCUT2D eigenvalue weighted by Gasteiger charge is 2.29. The summed E-state index contributed by atoms with van der Waals surface area (Å²) in [5.74, 6) is -10.9. The first-order valence-electron chi connectivity index (χ1n) is 16.5. The normalized spacial score (nSPS) is 10.6. The third-order valence-corrected chi connectivity index (χ3v) is 12.0. The van der Waals surface area contributed by atoms with Crippen molar-refractivity contribution in [3.05, 3.63) is 217 Å². The van der Waals surface area contributed by atoms with Crippen LogP contribution in [0, 0.1) is 29.1 Å². The smallest absolute Gasteiger partial charge is 0.200 e. The van der Waals surface area contributed by atoms with Crippen LogP contribution >= 0.6 is 0 Å². The summed E-state index contributed by atoms with van der Waals surface area (Å²) in [4.78, 5) is 8.17. The van der Waals surface area contributed by atoms with Crippen LogP contribution in [0.5, 0.6) is 0 Å². The summed E-state index contributed by atoms with van der Waals surface area (Å²) in [6.07, 6.45) is 0. The Hall–Kier alpha value is -5.17. The van der Waals surface area contributed by atoms with E-state index in [1.165, 1.54) is 29.4 Å². The van der Waals surface area contributed by atoms with Crippen molar-refractivity contribution in [3.8, 4) is 0 Å². The molecule has 0 bridgehead atoms. The van der Waals surface area contributed by atoms with Crippen molar-refractivity contribution in [1.82, 2.24) is 0 Å². The molecule has 7 aromatic carbocycles. The van der Waals surface area contributed by atoms with Crippen LogP contribution in [0.4, 0.5) is 22.0 Å². The molecule has 0 amide bonds. The molecule has 272 valence electrons. The van der Waals surface area contributed by atoms with Gasteiger partial charge in [-0.05, 0) is 72.8 Å². The van der Waals surface area contributed by atoms with E-state index in [2.05, 4.69) is 187 Å². The highest BCUT2D eigenvalue weighted by molar-refractivity contribution is 7.97. The molecule has 0 aliphatic heterocycles. The Kier molecular flexibility index (Phi) is 15.1. The molecular weight excluding hydrogens is 734 g/mol. The molecule has 0 radical (unpaired) electrons. The molecule has 0 heterocycles. The van der Waals surface area contributed by atoms with Crippen LogP contribution in [0.3, 0.4) is 0 Å². The molecule has 0 fully saturated rings. The van der Waals surface area contributed by atoms with Gasteiger partial charge in [-0.2, -0.15) is 0 Å². The maximum atomic E-state index is 12.8. The van der Waals surface area contributed by atoms with Gasteiger partial charge in [-0.15, -0.1) is 0 Å². The maximum Gasteiger partial charge on any atom is 0.200 e. The zero-order valence-electron chi connectivity index (χ0n) is 28.5. The van der Waals surface area contributed by atoms with Crippen molar-refractivity contribution < 1.29 is 36.7 Å². The summed E-state index contributed by atoms with van der Waals surface area (Å²) < 4.78 is 67.0. The Morgan fingerprint density at radius 3 is 0.759 bits per heavy atom. The predicted octanol–water partition coefficient (Wildman–Crippen LogP) is 9.17. The van der Waals surface area contributed by atoms with Gasteiger partial charge in [0.2, 0.25) is 5.82 Å². The summed E-state index contributed by atoms with van der Waals surface area (Å²) >= 11 is 0. The van der Waals surface area contributed by atoms with Gasteiger partial charge >= 0.3 is 0 Å². The first-order chi connectivity index (χ1) is 26.3. The molecule has 0 unspecified atom stereocenters. The third-order valence-electron chi connectivity index (χ3n) is 7.54. The van der Waals surface area contributed by atoms with E-state index < -0.39 is 48.6 Å². The van der Waals surface area contributed by atoms with Crippen LogP contribution in [0.2, 0.25) is 0 Å². The molecule has 7 aromatic rings. The van der Waals surface area contributed by atoms with Crippen molar-refractivity contribution in [2.75, 3.05) is 0 Å². The lowest BCUT2D eigenvalue weighted by molar-refractivity contribution is -0.382. The summed E-state index contributed by atoms with van der Waals surface area (Å²) in [5, 5.41) is 19.8. The minimum absolute atomic E-state index is 0.0146. The lowest BCUT2D eigenvalue weighted by Crippen LogP contribution is -2.47. The molecule has 0 aliphatic carbocycles. The second-order valence-electron chi connectivity index (χ2n) is 11.1. The van der Waals surface area contributed by atoms with E-state index in [1.54, 1.807) is 0 Å². The standard InChI is InChI=1S/2C18H15S.C7H2BF5O3/c2*1-4-10-16(11-5-1)19(17-12-6-2-7-13-17)18-14-8-3-9-15-18;9-3-2(1-16-8(14)15)4(10)6(12)7(13)5(3)11/h2*1-15H;1H2/q2*+1;-2. The summed E-state index contributed by atoms with van der Waals surface area (Å²) in [5.41, 5.74) is -1.35. The van der Waals surface area contributed by atoms with Crippen LogP contribution in [0.25, 0.3) is 0 Å². The van der Waals surface area contributed by atoms with Gasteiger partial charge in [-0.3, -0.25) is 0 Å². The van der Waals surface area contributed by atoms with E-state index in [0.29, 0.717) is 0 Å². The minimum Gasteiger partial charge on any atom is -0.871 e. The van der Waals surface area contributed by atoms with E-state index in [4.69, 9.17) is 0 Å². The first kappa shape index (κ1) is 40.0. The van der Waals surface area contributed by atoms with Crippen molar-refractivity contribution in [2.24, 2.45) is 0 Å². The zero-order chi connectivity index (χ0) is 38.3. The fourth-order valence-corrected chi connectivity index (χ4v) is 9.29. The van der Waals surface area contributed by atoms with Crippen molar-refractivity contribution in [1.29, 1.82) is 0 Å². The molecule has 0 spiro atoms. The average molecular weight is 767 g/mol. The van der Waals surface area contributed by atoms with Crippen molar-refractivity contribution >= 4 is 29.1 Å². The van der Waals surface area contributed by atoms with Gasteiger partial charge < -0.3 is 14.7 Å². The number of hydrogen-bond donors (Lipinski definition) is 0. The van der Waals surface area contributed by atoms with Gasteiger partial charge in [0.25, 0.3) is 0 Å². The van der Waals surface area contributed by atoms with Crippen LogP contribution in [0.1, 0.15) is 5.56 Å². The lowest BCUT2D eigenvalue weighted by Gasteiger charge is -2.25. The molecule has 11 heteroatoms. The number of rotatable bonds is 9. The van der Waals surface area contributed by atoms with Crippen LogP contribution in [0.15, 0.2) is 211 Å². The Balaban J connectivity index is 0.000000157. The van der Waals surface area contributed by atoms with E-state index in [-0.39, 0.29) is 21.8 Å². The number of benzene rings is 7. The van der Waals surface area contributed by atoms with Gasteiger partial charge in [0, 0.05) is 0 Å². The Labute approximate surface area is 317 Å². The highest BCUT2D eigenvalue weighted by atomic mass is 32.2. The van der Waals surface area contributed by atoms with Crippen molar-refractivity contribution in [3.63, 3.8) is 0 Å². The highest BCUT2D eigenvalue weighted by Crippen LogP contribution is 2.32. The predicted molar refractivity (Wildman–Crippen MR) is 200 cm³/mol. The first-order valence-corrected chi connectivity index (χ1v) is 18.9. The molecule has 0 saturated heterocycles. The molecule has 0 aliphatic rings. The SMILES string of the molecule is [O-]B([O-])OCc1c(F)c(F)c(F)c(F)c1F.c1ccc([S+](c2ccccc2)c2ccccc2)cc1.c1ccc([S+](c2ccccc2)c2ccccc2)cc1. The fraction of sp³-hybridized carbons (Fsp3) is 0.0233. The Bertz CT molecular complexity index is 1820. The van der Waals surface area contributed by atoms with Gasteiger partial charge in [0.15, 0.2) is 52.6 Å². The summed E-state index contributed by atoms with van der Waals surface area (Å²) in [7, 11) is -2.91. The van der Waals surface area contributed by atoms with Gasteiger partial charge in [-0.25, -0.2) is 22.0 Å². The average Bonchev–Trinajstić information content (AvgIpc) is 3.22. The quantitative estimate of drug-likeness (QED) is 0.0485. The van der Waals surface area contributed by atoms with E-state index in [1.807, 2.05) is 0 Å². The number of hydrogen-bond acceptors (Lipinski definition) is 3. The Morgan fingerprint density at radius 2 is 0.556 bits per heavy atom. The Morgan fingerprint density at radius 1 is 0.352 bits per heavy atom. The molecule has 0 saturated carbocycles. The maximum absolute atomic E-state index is 12.8. The molecule has 7 rings (SSSR count). The molecule has 0 N–H and O–H groups in total. The van der Waals surface area contributed by atoms with Gasteiger partial charge in [-0.1, -0.05) is 109 Å². The van der Waals surface area contributed by atoms with E-state index in [9.17, 15) is 32.0 Å². The molecule has 0 atom stereocenters. The molecule has 0 aromatic heterocycles. The van der Waals surface area contributed by atoms with Crippen LogP contribution in [-0.2, 0) is 33.1 Å². The van der Waals surface area contributed by atoms with E-state index in [0.717, 1.165) is 0 Å². The van der Waals surface area contributed by atoms with Crippen molar-refractivity contribution in [2.45, 2.75) is 36.0 Å². The molecule has 3 nitrogen and oxygen atoms in total. The fourth-order valence-electron chi connectivity index (χ4n) is 5.08. The van der Waals surface area contributed by atoms with Crippen LogP contribution < -0.4 is 10.0 Å². The minimum atomic E-state index is -2.88. The molecular formula is C43H32BF5O3S2. The second-order valence-corrected chi connectivity index (χ2v) is 15.2. The summed E-state index contributed by atoms with van der Waals surface area (Å²) in [6.45, 7) is -1.29. The van der Waals surface area contributed by atoms with E-state index >= 15 is 0 Å². The third kappa shape index (κ3) is 10.7. The van der Waals surface area contributed by atoms with Gasteiger partial charge in [0.05, 0.1) is 41.3 Å². The largest absolute Gasteiger partial charge is 0.871 e.